The van der Waals surface area contributed by atoms with Crippen LogP contribution in [0.2, 0.25) is 0 Å². The van der Waals surface area contributed by atoms with Gasteiger partial charge >= 0.3 is 18.3 Å². The number of likely N-dealkylation sites (N-methyl/N-ethyl adjacent to an activating group) is 1. The highest BCUT2D eigenvalue weighted by Crippen LogP contribution is 2.48. The van der Waals surface area contributed by atoms with Gasteiger partial charge in [-0.15, -0.1) is 22.7 Å². The number of halogens is 7. The molecule has 3 aliphatic heterocycles. The molecule has 1 spiro atoms. The molecule has 2 aromatic heterocycles. The van der Waals surface area contributed by atoms with E-state index in [0.29, 0.717) is 73.0 Å². The van der Waals surface area contributed by atoms with E-state index in [0.717, 1.165) is 37.1 Å². The third-order valence-corrected chi connectivity index (χ3v) is 16.3. The second-order valence-electron chi connectivity index (χ2n) is 19.7. The smallest absolute Gasteiger partial charge is 0.416 e. The Balaban J connectivity index is 0.000000302. The summed E-state index contributed by atoms with van der Waals surface area (Å²) in [5.74, 6) is -2.21. The van der Waals surface area contributed by atoms with Crippen LogP contribution in [0, 0.1) is 5.82 Å². The fourth-order valence-corrected chi connectivity index (χ4v) is 12.0. The second-order valence-corrected chi connectivity index (χ2v) is 21.6. The normalized spacial score (nSPS) is 20.3. The van der Waals surface area contributed by atoms with E-state index in [4.69, 9.17) is 14.2 Å². The topological polar surface area (TPSA) is 121 Å². The number of thiophene rings is 2. The number of amides is 2. The van der Waals surface area contributed by atoms with Gasteiger partial charge in [0, 0.05) is 37.7 Å². The van der Waals surface area contributed by atoms with Crippen LogP contribution in [0.4, 0.5) is 30.7 Å². The number of alkyl halides is 6. The van der Waals surface area contributed by atoms with Gasteiger partial charge in [0.1, 0.15) is 30.9 Å². The fourth-order valence-electron chi connectivity index (χ4n) is 10.3. The minimum Gasteiger partial charge on any atom is -0.458 e. The molecule has 2 amide bonds. The van der Waals surface area contributed by atoms with Crippen molar-refractivity contribution in [2.75, 3.05) is 66.2 Å². The molecule has 412 valence electrons. The molecular formula is C56H65F7N4O7S2. The summed E-state index contributed by atoms with van der Waals surface area (Å²) >= 11 is 2.71. The first kappa shape index (κ1) is 58.5. The number of nitrogens with zero attached hydrogens (tertiary/aromatic N) is 3. The monoisotopic (exact) mass is 1100 g/mol. The van der Waals surface area contributed by atoms with Crippen LogP contribution in [-0.2, 0) is 59.2 Å². The number of aliphatic hydroxyl groups is 1. The lowest BCUT2D eigenvalue weighted by atomic mass is 9.72. The van der Waals surface area contributed by atoms with Crippen molar-refractivity contribution in [3.8, 4) is 0 Å². The molecule has 9 rings (SSSR count). The van der Waals surface area contributed by atoms with E-state index in [9.17, 15) is 50.2 Å². The van der Waals surface area contributed by atoms with E-state index in [2.05, 4.69) is 36.2 Å². The minimum atomic E-state index is -5.11. The van der Waals surface area contributed by atoms with E-state index in [1.807, 2.05) is 41.9 Å². The van der Waals surface area contributed by atoms with E-state index in [1.165, 1.54) is 64.5 Å². The first-order valence-corrected chi connectivity index (χ1v) is 27.3. The maximum absolute atomic E-state index is 14.0. The van der Waals surface area contributed by atoms with Crippen molar-refractivity contribution in [2.45, 2.75) is 107 Å². The molecule has 20 heteroatoms. The SMILES string of the molecule is CCC.CCCN(C)C(=O)CO[C@H]1Cc2ccccc2C12CCN(CC[C@@]1(c3ccc(F)cc3)CN(C(=O)c3cc(C(F)(F)F)cc(C(F)(F)F)c3)CO1)CC2.O=C(O[C@@H]1CCNC1)C(O)(c1cccs1)c1cccs1. The lowest BCUT2D eigenvalue weighted by Gasteiger charge is -2.44. The predicted octanol–water partition coefficient (Wildman–Crippen LogP) is 10.8. The van der Waals surface area contributed by atoms with E-state index in [-0.39, 0.29) is 49.5 Å². The number of benzene rings is 3. The Morgan fingerprint density at radius 1 is 0.868 bits per heavy atom. The van der Waals surface area contributed by atoms with Gasteiger partial charge < -0.3 is 39.3 Å². The number of ether oxygens (including phenoxy) is 3. The van der Waals surface area contributed by atoms with Crippen molar-refractivity contribution in [1.82, 2.24) is 20.0 Å². The lowest BCUT2D eigenvalue weighted by molar-refractivity contribution is -0.166. The van der Waals surface area contributed by atoms with Gasteiger partial charge in [0.05, 0.1) is 33.5 Å². The number of fused-ring (bicyclic) bond motifs is 2. The first-order chi connectivity index (χ1) is 36.2. The fraction of sp³-hybridized carbons (Fsp3) is 0.482. The zero-order valence-corrected chi connectivity index (χ0v) is 44.6. The zero-order chi connectivity index (χ0) is 54.9. The molecule has 4 aliphatic rings. The van der Waals surface area contributed by atoms with Crippen LogP contribution in [0.15, 0.2) is 102 Å². The Labute approximate surface area is 446 Å². The molecular weight excluding hydrogens is 1040 g/mol. The van der Waals surface area contributed by atoms with Gasteiger partial charge in [0.15, 0.2) is 0 Å². The standard InChI is InChI=1S/C39H42F7N3O4.C14H15NO3S2.C3H8/c1-3-15-47(2)34(50)23-52-33-21-26-6-4-5-7-32(26)36(33)12-16-48(17-13-36)18-14-37(28-8-10-31(40)11-9-28)24-49(25-53-37)35(51)27-19-29(38(41,42)43)22-30(20-27)39(44,45)46;16-13(18-10-5-6-15-9-10)14(17,11-3-1-7-19-11)12-4-2-8-20-12;1-3-2/h4-11,19-20,22,33H,3,12-18,21,23-25H2,1-2H3;1-4,7-8,10,15,17H,5-6,9H2;3H2,1-2H3/t33-,37-;10-;/m01./s1. The molecule has 3 saturated heterocycles. The molecule has 3 aromatic carbocycles. The number of carbonyl (C=O) groups excluding carboxylic acids is 3. The predicted molar refractivity (Wildman–Crippen MR) is 276 cm³/mol. The molecule has 5 aromatic rings. The number of rotatable bonds is 14. The number of likely N-dealkylation sites (tertiary alicyclic amines) is 1. The molecule has 0 unspecified atom stereocenters. The van der Waals surface area contributed by atoms with Crippen molar-refractivity contribution < 1.29 is 64.4 Å². The summed E-state index contributed by atoms with van der Waals surface area (Å²) in [6, 6.07) is 21.7. The highest BCUT2D eigenvalue weighted by molar-refractivity contribution is 7.12. The Morgan fingerprint density at radius 3 is 2.04 bits per heavy atom. The van der Waals surface area contributed by atoms with Gasteiger partial charge in [-0.2, -0.15) is 26.3 Å². The quantitative estimate of drug-likeness (QED) is 0.0827. The summed E-state index contributed by atoms with van der Waals surface area (Å²) in [7, 11) is 1.77. The average Bonchev–Trinajstić information content (AvgIpc) is 4.28. The van der Waals surface area contributed by atoms with Crippen molar-refractivity contribution in [3.63, 3.8) is 0 Å². The summed E-state index contributed by atoms with van der Waals surface area (Å²) in [4.78, 5) is 45.0. The van der Waals surface area contributed by atoms with Crippen LogP contribution in [0.3, 0.4) is 0 Å². The van der Waals surface area contributed by atoms with Crippen molar-refractivity contribution >= 4 is 40.5 Å². The van der Waals surface area contributed by atoms with Crippen LogP contribution in [-0.4, -0.2) is 116 Å². The third kappa shape index (κ3) is 13.4. The van der Waals surface area contributed by atoms with Crippen molar-refractivity contribution in [2.24, 2.45) is 0 Å². The summed E-state index contributed by atoms with van der Waals surface area (Å²) in [6.07, 6.45) is -5.18. The first-order valence-electron chi connectivity index (χ1n) is 25.5. The zero-order valence-electron chi connectivity index (χ0n) is 43.0. The van der Waals surface area contributed by atoms with Gasteiger partial charge in [0.25, 0.3) is 5.91 Å². The highest BCUT2D eigenvalue weighted by Gasteiger charge is 2.51. The van der Waals surface area contributed by atoms with E-state index >= 15 is 0 Å². The molecule has 0 saturated carbocycles. The minimum absolute atomic E-state index is 0.00855. The largest absolute Gasteiger partial charge is 0.458 e. The number of nitrogens with one attached hydrogen (secondary N) is 1. The Kier molecular flexibility index (Phi) is 19.3. The van der Waals surface area contributed by atoms with Crippen LogP contribution < -0.4 is 5.32 Å². The Morgan fingerprint density at radius 2 is 1.49 bits per heavy atom. The molecule has 0 bridgehead atoms. The maximum Gasteiger partial charge on any atom is 0.416 e. The molecule has 11 nitrogen and oxygen atoms in total. The number of piperidine rings is 1. The Bertz CT molecular complexity index is 2630. The molecule has 0 radical (unpaired) electrons. The van der Waals surface area contributed by atoms with Crippen LogP contribution in [0.1, 0.15) is 107 Å². The number of carbonyl (C=O) groups is 3. The van der Waals surface area contributed by atoms with Gasteiger partial charge in [-0.3, -0.25) is 9.59 Å². The van der Waals surface area contributed by atoms with Crippen LogP contribution in [0.25, 0.3) is 0 Å². The highest BCUT2D eigenvalue weighted by atomic mass is 32.1. The summed E-state index contributed by atoms with van der Waals surface area (Å²) in [5.41, 5.74) is -4.18. The summed E-state index contributed by atoms with van der Waals surface area (Å²) < 4.78 is 114. The molecule has 2 N–H and O–H groups in total. The average molecular weight is 1100 g/mol. The Hall–Kier alpha value is -5.22. The molecule has 1 aliphatic carbocycles. The van der Waals surface area contributed by atoms with E-state index in [1.54, 1.807) is 24.1 Å². The summed E-state index contributed by atoms with van der Waals surface area (Å²) in [5, 5.41) is 17.8. The maximum atomic E-state index is 14.0. The van der Waals surface area contributed by atoms with Crippen LogP contribution in [0.5, 0.6) is 0 Å². The number of hydrogen-bond acceptors (Lipinski definition) is 11. The number of esters is 1. The van der Waals surface area contributed by atoms with Gasteiger partial charge in [-0.1, -0.05) is 75.7 Å². The molecule has 3 atom stereocenters. The van der Waals surface area contributed by atoms with Gasteiger partial charge in [-0.25, -0.2) is 9.18 Å². The second kappa shape index (κ2) is 25.1. The van der Waals surface area contributed by atoms with Crippen molar-refractivity contribution in [3.05, 3.63) is 151 Å². The number of hydrogen-bond donors (Lipinski definition) is 2. The molecule has 76 heavy (non-hydrogen) atoms. The van der Waals surface area contributed by atoms with Crippen molar-refractivity contribution in [1.29, 1.82) is 0 Å². The van der Waals surface area contributed by atoms with Gasteiger partial charge in [0.2, 0.25) is 11.5 Å². The molecule has 5 heterocycles. The lowest BCUT2D eigenvalue weighted by Crippen LogP contribution is -2.50. The third-order valence-electron chi connectivity index (χ3n) is 14.3. The van der Waals surface area contributed by atoms with Gasteiger partial charge in [-0.05, 0) is 128 Å². The summed E-state index contributed by atoms with van der Waals surface area (Å²) in [6.45, 7) is 9.64. The molecule has 3 fully saturated rings. The van der Waals surface area contributed by atoms with Crippen LogP contribution >= 0.6 is 22.7 Å². The van der Waals surface area contributed by atoms with E-state index < -0.39 is 57.9 Å².